The average molecular weight is 1470 g/mol. The van der Waals surface area contributed by atoms with Gasteiger partial charge in [-0.15, -0.1) is 0 Å². The number of likely N-dealkylation sites (tertiary alicyclic amines) is 1. The molecule has 0 aromatic heterocycles. The third kappa shape index (κ3) is 35.9. The van der Waals surface area contributed by atoms with E-state index in [1.165, 1.54) is 18.7 Å². The Bertz CT molecular complexity index is 3070. The van der Waals surface area contributed by atoms with Crippen molar-refractivity contribution in [3.05, 3.63) is 35.9 Å². The molecule has 1 aliphatic rings. The lowest BCUT2D eigenvalue weighted by molar-refractivity contribution is -0.142. The molecule has 1 saturated heterocycles. The summed E-state index contributed by atoms with van der Waals surface area (Å²) < 4.78 is 0. The number of nitrogens with zero attached hydrogens (tertiary/aromatic N) is 6. The number of hydrogen-bond acceptors (Lipinski definition) is 20. The lowest BCUT2D eigenvalue weighted by Gasteiger charge is -2.29. The van der Waals surface area contributed by atoms with Gasteiger partial charge in [-0.25, -0.2) is 4.79 Å². The largest absolute Gasteiger partial charge is 0.480 e. The maximum absolute atomic E-state index is 14.8. The van der Waals surface area contributed by atoms with Crippen LogP contribution >= 0.6 is 0 Å². The number of aliphatic carboxylic acids is 1. The summed E-state index contributed by atoms with van der Waals surface area (Å²) in [4.78, 5) is 176. The van der Waals surface area contributed by atoms with Gasteiger partial charge in [0.1, 0.15) is 66.5 Å². The summed E-state index contributed by atoms with van der Waals surface area (Å²) in [5.74, 6) is -11.2. The van der Waals surface area contributed by atoms with E-state index in [2.05, 4.69) is 72.8 Å². The highest BCUT2D eigenvalue weighted by Crippen LogP contribution is 2.20. The van der Waals surface area contributed by atoms with Crippen LogP contribution in [-0.4, -0.2) is 235 Å². The number of aliphatic imine (C=N–C) groups is 5. The number of guanidine groups is 5. The molecule has 104 heavy (non-hydrogen) atoms. The van der Waals surface area contributed by atoms with Crippen molar-refractivity contribution in [3.63, 3.8) is 0 Å². The molecule has 1 heterocycles. The van der Waals surface area contributed by atoms with Gasteiger partial charge in [0.05, 0.1) is 6.10 Å². The lowest BCUT2D eigenvalue weighted by atomic mass is 10.0. The van der Waals surface area contributed by atoms with Crippen LogP contribution in [0, 0.1) is 0 Å². The van der Waals surface area contributed by atoms with Gasteiger partial charge in [-0.05, 0) is 148 Å². The normalized spacial score (nSPS) is 15.6. The number of hydrogen-bond donors (Lipinski definition) is 24. The second-order valence-corrected chi connectivity index (χ2v) is 25.0. The summed E-state index contributed by atoms with van der Waals surface area (Å²) in [5, 5.41) is 43.9. The SMILES string of the molecule is C[C@H](NC(=O)[C@H](CCCN=C(N)N)NC(=O)[C@@H]1CCCN1C(=O)[C@@H](N)[C@@H](C)O)C(=O)N[C@@H](CCCN=C(N)N)C(=O)N[C@@H](CCCN=C(N)N)C(=O)N[C@@H](CCCN=C(N)N)C(=O)N[C@@H](CCCCN)C(=O)N[C@@H](CCCCN)C(=O)N[C@@H](CCCN=C(N)N)C(=O)N[C@@H](Cc1ccccc1)C(=O)O. The summed E-state index contributed by atoms with van der Waals surface area (Å²) >= 11 is 0. The number of unbranched alkanes of at least 4 members (excludes halogenated alkanes) is 2. The molecule has 2 rings (SSSR count). The molecule has 0 saturated carbocycles. The number of amides is 10. The molecule has 0 radical (unpaired) electrons. The topological polar surface area (TPSA) is 740 Å². The van der Waals surface area contributed by atoms with Gasteiger partial charge in [-0.2, -0.15) is 0 Å². The molecular formula is C63H114N28O13. The van der Waals surface area contributed by atoms with Crippen molar-refractivity contribution in [1.29, 1.82) is 0 Å². The van der Waals surface area contributed by atoms with Gasteiger partial charge in [0, 0.05) is 45.7 Å². The minimum Gasteiger partial charge on any atom is -0.480 e. The highest BCUT2D eigenvalue weighted by molar-refractivity contribution is 5.99. The molecule has 1 aromatic carbocycles. The first-order valence-corrected chi connectivity index (χ1v) is 34.7. The Morgan fingerprint density at radius 3 is 1.04 bits per heavy atom. The molecule has 37 N–H and O–H groups in total. The second kappa shape index (κ2) is 49.2. The molecule has 41 nitrogen and oxygen atoms in total. The average Bonchev–Trinajstić information content (AvgIpc) is 1.63. The van der Waals surface area contributed by atoms with Gasteiger partial charge >= 0.3 is 5.97 Å². The molecular weight excluding hydrogens is 1360 g/mol. The number of aliphatic hydroxyl groups is 1. The zero-order valence-electron chi connectivity index (χ0n) is 59.5. The van der Waals surface area contributed by atoms with E-state index in [-0.39, 0.29) is 185 Å². The fourth-order valence-corrected chi connectivity index (χ4v) is 10.7. The van der Waals surface area contributed by atoms with Crippen molar-refractivity contribution in [2.45, 2.75) is 208 Å². The Morgan fingerprint density at radius 1 is 0.433 bits per heavy atom. The first-order valence-electron chi connectivity index (χ1n) is 34.7. The van der Waals surface area contributed by atoms with Gasteiger partial charge in [0.15, 0.2) is 29.8 Å². The van der Waals surface area contributed by atoms with Crippen molar-refractivity contribution in [3.8, 4) is 0 Å². The summed E-state index contributed by atoms with van der Waals surface area (Å²) in [6.07, 6.45) is 0.289. The molecule has 1 aliphatic heterocycles. The number of aliphatic hydroxyl groups excluding tert-OH is 1. The minimum atomic E-state index is -1.52. The Kier molecular flexibility index (Phi) is 42.4. The third-order valence-electron chi connectivity index (χ3n) is 16.3. The third-order valence-corrected chi connectivity index (χ3v) is 16.3. The molecule has 584 valence electrons. The molecule has 0 spiro atoms. The maximum Gasteiger partial charge on any atom is 0.326 e. The van der Waals surface area contributed by atoms with Gasteiger partial charge in [0.25, 0.3) is 0 Å². The highest BCUT2D eigenvalue weighted by atomic mass is 16.4. The van der Waals surface area contributed by atoms with Crippen LogP contribution in [0.2, 0.25) is 0 Å². The fourth-order valence-electron chi connectivity index (χ4n) is 10.7. The van der Waals surface area contributed by atoms with E-state index in [0.29, 0.717) is 24.8 Å². The van der Waals surface area contributed by atoms with E-state index in [9.17, 15) is 63.0 Å². The van der Waals surface area contributed by atoms with E-state index in [0.717, 1.165) is 0 Å². The van der Waals surface area contributed by atoms with Crippen molar-refractivity contribution in [2.75, 3.05) is 52.4 Å². The first-order chi connectivity index (χ1) is 49.3. The van der Waals surface area contributed by atoms with Crippen molar-refractivity contribution >= 4 is 94.8 Å². The Morgan fingerprint density at radius 2 is 0.731 bits per heavy atom. The number of nitrogens with two attached hydrogens (primary N) is 13. The van der Waals surface area contributed by atoms with Gasteiger partial charge in [-0.3, -0.25) is 72.9 Å². The van der Waals surface area contributed by atoms with Crippen LogP contribution in [0.5, 0.6) is 0 Å². The van der Waals surface area contributed by atoms with Crippen LogP contribution < -0.4 is 122 Å². The number of benzene rings is 1. The van der Waals surface area contributed by atoms with E-state index in [1.54, 1.807) is 30.3 Å². The molecule has 1 fully saturated rings. The molecule has 0 unspecified atom stereocenters. The predicted octanol–water partition coefficient (Wildman–Crippen LogP) is -9.08. The molecule has 1 aromatic rings. The summed E-state index contributed by atoms with van der Waals surface area (Å²) in [5.41, 5.74) is 73.9. The summed E-state index contributed by atoms with van der Waals surface area (Å²) in [6, 6.07) is -6.72. The van der Waals surface area contributed by atoms with E-state index in [4.69, 9.17) is 74.5 Å². The van der Waals surface area contributed by atoms with Crippen LogP contribution in [0.25, 0.3) is 0 Å². The molecule has 12 atom stereocenters. The van der Waals surface area contributed by atoms with Crippen molar-refractivity contribution in [2.24, 2.45) is 99.5 Å². The molecule has 41 heteroatoms. The molecule has 0 bridgehead atoms. The van der Waals surface area contributed by atoms with Crippen molar-refractivity contribution in [1.82, 2.24) is 52.8 Å². The Balaban J connectivity index is 2.61. The Labute approximate surface area is 604 Å². The first kappa shape index (κ1) is 89.7. The second-order valence-electron chi connectivity index (χ2n) is 25.0. The van der Waals surface area contributed by atoms with Crippen LogP contribution in [0.3, 0.4) is 0 Å². The van der Waals surface area contributed by atoms with Crippen LogP contribution in [0.15, 0.2) is 55.3 Å². The summed E-state index contributed by atoms with van der Waals surface area (Å²) in [6.45, 7) is 3.11. The van der Waals surface area contributed by atoms with Gasteiger partial charge in [-0.1, -0.05) is 30.3 Å². The fraction of sp³-hybridized carbons (Fsp3) is 0.651. The molecule has 10 amide bonds. The monoisotopic (exact) mass is 1470 g/mol. The number of carbonyl (C=O) groups is 11. The highest BCUT2D eigenvalue weighted by Gasteiger charge is 2.40. The zero-order valence-corrected chi connectivity index (χ0v) is 59.5. The number of rotatable bonds is 51. The van der Waals surface area contributed by atoms with Gasteiger partial charge in [0.2, 0.25) is 59.1 Å². The lowest BCUT2D eigenvalue weighted by Crippen LogP contribution is -2.60. The minimum absolute atomic E-state index is 0.0248. The zero-order chi connectivity index (χ0) is 77.8. The maximum atomic E-state index is 14.8. The standard InChI is InChI=1S/C63H114N28O13/c1-35(82-49(94)40(20-10-28-77-59(67)68)89-56(101)46-25-15-33-91(46)57(102)47(66)36(2)92)48(93)83-41(21-11-29-78-60(69)70)52(97)86-43(23-13-31-80-62(73)74)54(99)87-42(22-12-30-79-61(71)72)53(98)85-38(18-6-8-26-64)50(95)84-39(19-7-9-27-65)51(96)88-44(24-14-32-81-63(75)76)55(100)90-45(58(103)104)34-37-16-4-3-5-17-37/h3-5,16-17,35-36,38-47,92H,6-15,18-34,64-66H2,1-2H3,(H,82,94)(H,83,93)(H,84,95)(H,85,98)(H,86,97)(H,87,99)(H,88,96)(H,89,101)(H,90,100)(H,103,104)(H4,67,68,77)(H4,69,70,78)(H4,71,72,79)(H4,73,74,80)(H4,75,76,81)/t35-,36+,38-,39-,40-,41-,42-,43-,44-,45-,46-,47-/m0/s1. The quantitative estimate of drug-likeness (QED) is 0.0164. The van der Waals surface area contributed by atoms with Crippen LogP contribution in [-0.2, 0) is 59.2 Å². The predicted molar refractivity (Wildman–Crippen MR) is 391 cm³/mol. The van der Waals surface area contributed by atoms with Crippen molar-refractivity contribution < 1.29 is 63.0 Å². The van der Waals surface area contributed by atoms with E-state index in [1.807, 2.05) is 0 Å². The number of carboxylic acid groups (broad SMARTS) is 1. The number of nitrogens with one attached hydrogen (secondary N) is 9. The smallest absolute Gasteiger partial charge is 0.326 e. The van der Waals surface area contributed by atoms with Crippen LogP contribution in [0.1, 0.15) is 135 Å². The Hall–Kier alpha value is -10.4. The number of carbonyl (C=O) groups excluding carboxylic acids is 10. The van der Waals surface area contributed by atoms with E-state index >= 15 is 0 Å². The van der Waals surface area contributed by atoms with E-state index < -0.39 is 138 Å². The van der Waals surface area contributed by atoms with Gasteiger partial charge < -0.3 is 138 Å². The van der Waals surface area contributed by atoms with Crippen LogP contribution in [0.4, 0.5) is 0 Å². The summed E-state index contributed by atoms with van der Waals surface area (Å²) in [7, 11) is 0. The number of carboxylic acids is 1. The molecule has 0 aliphatic carbocycles.